The van der Waals surface area contributed by atoms with Crippen LogP contribution in [0.3, 0.4) is 0 Å². The summed E-state index contributed by atoms with van der Waals surface area (Å²) in [5.41, 5.74) is 1.43. The van der Waals surface area contributed by atoms with E-state index >= 15 is 0 Å². The molecule has 0 aromatic heterocycles. The number of nitrogens with one attached hydrogen (secondary N) is 2. The summed E-state index contributed by atoms with van der Waals surface area (Å²) in [4.78, 5) is 24.0. The molecule has 6 heteroatoms. The van der Waals surface area contributed by atoms with Gasteiger partial charge in [0.25, 0.3) is 0 Å². The first-order chi connectivity index (χ1) is 11.5. The lowest BCUT2D eigenvalue weighted by Crippen LogP contribution is -2.38. The molecular weight excluding hydrogens is 311 g/mol. The summed E-state index contributed by atoms with van der Waals surface area (Å²) in [6, 6.07) is 12.8. The highest BCUT2D eigenvalue weighted by Gasteiger charge is 2.20. The lowest BCUT2D eigenvalue weighted by atomic mass is 10.0. The summed E-state index contributed by atoms with van der Waals surface area (Å²) in [6.45, 7) is 1.58. The van der Waals surface area contributed by atoms with Gasteiger partial charge in [0.2, 0.25) is 0 Å². The SMILES string of the molecule is Cc1ccc(NC(=O)C(=O)NC(CCO)c2ccccc2)c(F)c1. The number of aryl methyl sites for hydroxylation is 1. The zero-order valence-corrected chi connectivity index (χ0v) is 13.3. The zero-order valence-electron chi connectivity index (χ0n) is 13.3. The molecular formula is C18H19FN2O3. The number of halogens is 1. The number of aliphatic hydroxyl groups excluding tert-OH is 1. The van der Waals surface area contributed by atoms with E-state index < -0.39 is 23.7 Å². The predicted octanol–water partition coefficient (Wildman–Crippen LogP) is 2.31. The number of carbonyl (C=O) groups is 2. The van der Waals surface area contributed by atoms with E-state index in [1.807, 2.05) is 6.07 Å². The Morgan fingerprint density at radius 3 is 2.46 bits per heavy atom. The van der Waals surface area contributed by atoms with Crippen LogP contribution < -0.4 is 10.6 Å². The maximum atomic E-state index is 13.7. The van der Waals surface area contributed by atoms with E-state index in [-0.39, 0.29) is 18.7 Å². The second kappa shape index (κ2) is 8.21. The Bertz CT molecular complexity index is 719. The van der Waals surface area contributed by atoms with Gasteiger partial charge in [-0.3, -0.25) is 9.59 Å². The number of rotatable bonds is 5. The lowest BCUT2D eigenvalue weighted by Gasteiger charge is -2.18. The van der Waals surface area contributed by atoms with Crippen molar-refractivity contribution in [3.05, 3.63) is 65.5 Å². The summed E-state index contributed by atoms with van der Waals surface area (Å²) in [7, 11) is 0. The first-order valence-electron chi connectivity index (χ1n) is 7.55. The minimum Gasteiger partial charge on any atom is -0.396 e. The van der Waals surface area contributed by atoms with Gasteiger partial charge in [-0.2, -0.15) is 0 Å². The van der Waals surface area contributed by atoms with Gasteiger partial charge in [-0.15, -0.1) is 0 Å². The third-order valence-electron chi connectivity index (χ3n) is 3.50. The minimum absolute atomic E-state index is 0.0563. The van der Waals surface area contributed by atoms with E-state index in [0.717, 1.165) is 5.56 Å². The van der Waals surface area contributed by atoms with Gasteiger partial charge in [0.15, 0.2) is 0 Å². The van der Waals surface area contributed by atoms with Crippen LogP contribution in [0.4, 0.5) is 10.1 Å². The topological polar surface area (TPSA) is 78.4 Å². The van der Waals surface area contributed by atoms with Gasteiger partial charge < -0.3 is 15.7 Å². The van der Waals surface area contributed by atoms with Gasteiger partial charge in [-0.25, -0.2) is 4.39 Å². The van der Waals surface area contributed by atoms with Crippen LogP contribution in [0.15, 0.2) is 48.5 Å². The van der Waals surface area contributed by atoms with E-state index in [9.17, 15) is 14.0 Å². The molecule has 0 heterocycles. The van der Waals surface area contributed by atoms with E-state index in [2.05, 4.69) is 10.6 Å². The molecule has 0 spiro atoms. The molecule has 126 valence electrons. The largest absolute Gasteiger partial charge is 0.396 e. The molecule has 2 aromatic rings. The van der Waals surface area contributed by atoms with Gasteiger partial charge in [-0.05, 0) is 36.6 Å². The van der Waals surface area contributed by atoms with E-state index in [0.29, 0.717) is 5.56 Å². The van der Waals surface area contributed by atoms with Gasteiger partial charge in [0, 0.05) is 6.61 Å². The van der Waals surface area contributed by atoms with Crippen molar-refractivity contribution in [1.82, 2.24) is 5.32 Å². The molecule has 0 saturated heterocycles. The van der Waals surface area contributed by atoms with Gasteiger partial charge >= 0.3 is 11.8 Å². The molecule has 0 bridgehead atoms. The standard InChI is InChI=1S/C18H19FN2O3/c1-12-7-8-16(14(19)11-12)21-18(24)17(23)20-15(9-10-22)13-5-3-2-4-6-13/h2-8,11,15,22H,9-10H2,1H3,(H,20,23)(H,21,24). The minimum atomic E-state index is -0.961. The Morgan fingerprint density at radius 2 is 1.83 bits per heavy atom. The fraction of sp³-hybridized carbons (Fsp3) is 0.222. The van der Waals surface area contributed by atoms with Gasteiger partial charge in [-0.1, -0.05) is 36.4 Å². The van der Waals surface area contributed by atoms with Crippen molar-refractivity contribution in [3.8, 4) is 0 Å². The molecule has 0 aliphatic carbocycles. The number of carbonyl (C=O) groups excluding carboxylic acids is 2. The fourth-order valence-corrected chi connectivity index (χ4v) is 2.26. The zero-order chi connectivity index (χ0) is 17.5. The molecule has 0 radical (unpaired) electrons. The maximum absolute atomic E-state index is 13.7. The van der Waals surface area contributed by atoms with Gasteiger partial charge in [0.05, 0.1) is 11.7 Å². The van der Waals surface area contributed by atoms with Crippen molar-refractivity contribution in [2.75, 3.05) is 11.9 Å². The molecule has 2 aromatic carbocycles. The average molecular weight is 330 g/mol. The van der Waals surface area contributed by atoms with Crippen molar-refractivity contribution in [2.45, 2.75) is 19.4 Å². The van der Waals surface area contributed by atoms with Crippen molar-refractivity contribution >= 4 is 17.5 Å². The molecule has 0 saturated carbocycles. The van der Waals surface area contributed by atoms with Crippen molar-refractivity contribution in [2.24, 2.45) is 0 Å². The highest BCUT2D eigenvalue weighted by Crippen LogP contribution is 2.17. The van der Waals surface area contributed by atoms with Crippen LogP contribution in [0.2, 0.25) is 0 Å². The number of hydrogen-bond acceptors (Lipinski definition) is 3. The molecule has 3 N–H and O–H groups in total. The fourth-order valence-electron chi connectivity index (χ4n) is 2.26. The quantitative estimate of drug-likeness (QED) is 0.736. The molecule has 24 heavy (non-hydrogen) atoms. The third-order valence-corrected chi connectivity index (χ3v) is 3.50. The molecule has 1 unspecified atom stereocenters. The van der Waals surface area contributed by atoms with Crippen LogP contribution in [-0.2, 0) is 9.59 Å². The molecule has 0 aliphatic heterocycles. The summed E-state index contributed by atoms with van der Waals surface area (Å²) in [5, 5.41) is 13.9. The van der Waals surface area contributed by atoms with E-state index in [1.54, 1.807) is 37.3 Å². The molecule has 0 aliphatic rings. The number of benzene rings is 2. The molecule has 2 rings (SSSR count). The smallest absolute Gasteiger partial charge is 0.313 e. The second-order valence-corrected chi connectivity index (χ2v) is 5.39. The van der Waals surface area contributed by atoms with Crippen LogP contribution in [0.1, 0.15) is 23.6 Å². The summed E-state index contributed by atoms with van der Waals surface area (Å²) < 4.78 is 13.7. The van der Waals surface area contributed by atoms with Crippen LogP contribution in [0.5, 0.6) is 0 Å². The molecule has 0 fully saturated rings. The van der Waals surface area contributed by atoms with E-state index in [1.165, 1.54) is 12.1 Å². The number of amides is 2. The van der Waals surface area contributed by atoms with Crippen molar-refractivity contribution < 1.29 is 19.1 Å². The molecule has 5 nitrogen and oxygen atoms in total. The first-order valence-corrected chi connectivity index (χ1v) is 7.55. The molecule has 2 amide bonds. The number of aliphatic hydroxyl groups is 1. The summed E-state index contributed by atoms with van der Waals surface area (Å²) in [6.07, 6.45) is 0.266. The highest BCUT2D eigenvalue weighted by molar-refractivity contribution is 6.39. The van der Waals surface area contributed by atoms with Gasteiger partial charge in [0.1, 0.15) is 5.82 Å². The highest BCUT2D eigenvalue weighted by atomic mass is 19.1. The Kier molecular flexibility index (Phi) is 6.03. The Hall–Kier alpha value is -2.73. The second-order valence-electron chi connectivity index (χ2n) is 5.39. The summed E-state index contributed by atoms with van der Waals surface area (Å²) >= 11 is 0. The molecule has 1 atom stereocenters. The Labute approximate surface area is 139 Å². The van der Waals surface area contributed by atoms with Crippen LogP contribution in [0.25, 0.3) is 0 Å². The first kappa shape index (κ1) is 17.6. The normalized spacial score (nSPS) is 11.6. The van der Waals surface area contributed by atoms with Crippen LogP contribution in [0, 0.1) is 12.7 Å². The summed E-state index contributed by atoms with van der Waals surface area (Å²) in [5.74, 6) is -2.46. The lowest BCUT2D eigenvalue weighted by molar-refractivity contribution is -0.136. The number of hydrogen-bond donors (Lipinski definition) is 3. The predicted molar refractivity (Wildman–Crippen MR) is 88.8 cm³/mol. The maximum Gasteiger partial charge on any atom is 0.313 e. The van der Waals surface area contributed by atoms with Crippen LogP contribution in [-0.4, -0.2) is 23.5 Å². The van der Waals surface area contributed by atoms with Crippen LogP contribution >= 0.6 is 0 Å². The number of anilines is 1. The monoisotopic (exact) mass is 330 g/mol. The average Bonchev–Trinajstić information content (AvgIpc) is 2.57. The Morgan fingerprint density at radius 1 is 1.12 bits per heavy atom. The van der Waals surface area contributed by atoms with Crippen molar-refractivity contribution in [3.63, 3.8) is 0 Å². The third kappa shape index (κ3) is 4.63. The van der Waals surface area contributed by atoms with E-state index in [4.69, 9.17) is 5.11 Å². The van der Waals surface area contributed by atoms with Crippen molar-refractivity contribution in [1.29, 1.82) is 0 Å². The Balaban J connectivity index is 2.05.